The smallest absolute Gasteiger partial charge is 0.363 e. The van der Waals surface area contributed by atoms with Crippen molar-refractivity contribution < 1.29 is 19.0 Å². The van der Waals surface area contributed by atoms with Crippen LogP contribution in [0.15, 0.2) is 57.6 Å². The van der Waals surface area contributed by atoms with Crippen molar-refractivity contribution in [2.45, 2.75) is 0 Å². The Morgan fingerprint density at radius 2 is 2.08 bits per heavy atom. The van der Waals surface area contributed by atoms with Crippen LogP contribution in [0.5, 0.6) is 11.5 Å². The molecule has 0 unspecified atom stereocenters. The van der Waals surface area contributed by atoms with Crippen molar-refractivity contribution in [3.8, 4) is 23.8 Å². The molecule has 1 aliphatic rings. The third kappa shape index (κ3) is 3.79. The monoisotopic (exact) mass is 411 g/mol. The van der Waals surface area contributed by atoms with Crippen LogP contribution < -0.4 is 9.47 Å². The van der Waals surface area contributed by atoms with E-state index in [-0.39, 0.29) is 18.2 Å². The zero-order valence-corrected chi connectivity index (χ0v) is 15.4. The first kappa shape index (κ1) is 17.8. The Bertz CT molecular complexity index is 942. The Morgan fingerprint density at radius 3 is 2.77 bits per heavy atom. The van der Waals surface area contributed by atoms with Gasteiger partial charge in [0.05, 0.1) is 7.11 Å². The summed E-state index contributed by atoms with van der Waals surface area (Å²) in [5.74, 6) is 3.05. The molecule has 0 saturated carbocycles. The number of cyclic esters (lactones) is 1. The number of carbonyl (C=O) groups excluding carboxylic acids is 1. The average Bonchev–Trinajstić information content (AvgIpc) is 3.02. The van der Waals surface area contributed by atoms with Crippen LogP contribution in [0, 0.1) is 12.3 Å². The summed E-state index contributed by atoms with van der Waals surface area (Å²) in [6, 6.07) is 12.7. The van der Waals surface area contributed by atoms with Crippen LogP contribution >= 0.6 is 15.9 Å². The molecule has 0 aromatic heterocycles. The van der Waals surface area contributed by atoms with Gasteiger partial charge in [-0.15, -0.1) is 6.42 Å². The summed E-state index contributed by atoms with van der Waals surface area (Å²) < 4.78 is 17.0. The minimum atomic E-state index is -0.536. The third-order valence-corrected chi connectivity index (χ3v) is 3.96. The standard InChI is InChI=1S/C20H14BrNO4/c1-3-9-25-18-14(10-15(21)12-17(18)24-2)11-16-20(23)26-19(22-16)13-7-5-4-6-8-13/h1,4-8,10-12H,9H2,2H3. The van der Waals surface area contributed by atoms with E-state index in [2.05, 4.69) is 26.8 Å². The Balaban J connectivity index is 2.04. The van der Waals surface area contributed by atoms with Gasteiger partial charge in [-0.2, -0.15) is 0 Å². The number of nitrogens with zero attached hydrogens (tertiary/aromatic N) is 1. The van der Waals surface area contributed by atoms with Gasteiger partial charge < -0.3 is 14.2 Å². The number of esters is 1. The number of benzene rings is 2. The van der Waals surface area contributed by atoms with Gasteiger partial charge in [0.1, 0.15) is 6.61 Å². The van der Waals surface area contributed by atoms with Gasteiger partial charge in [0.25, 0.3) is 0 Å². The molecule has 0 fully saturated rings. The van der Waals surface area contributed by atoms with Crippen molar-refractivity contribution in [1.29, 1.82) is 0 Å². The second kappa shape index (κ2) is 7.89. The van der Waals surface area contributed by atoms with Crippen LogP contribution in [0.1, 0.15) is 11.1 Å². The average molecular weight is 412 g/mol. The van der Waals surface area contributed by atoms with Crippen LogP contribution in [-0.2, 0) is 9.53 Å². The molecule has 1 aliphatic heterocycles. The van der Waals surface area contributed by atoms with Crippen molar-refractivity contribution in [2.24, 2.45) is 4.99 Å². The number of hydrogen-bond acceptors (Lipinski definition) is 5. The molecule has 2 aromatic carbocycles. The summed E-state index contributed by atoms with van der Waals surface area (Å²) in [4.78, 5) is 16.5. The van der Waals surface area contributed by atoms with E-state index in [9.17, 15) is 4.79 Å². The molecule has 3 rings (SSSR count). The van der Waals surface area contributed by atoms with Crippen molar-refractivity contribution in [2.75, 3.05) is 13.7 Å². The molecule has 26 heavy (non-hydrogen) atoms. The maximum Gasteiger partial charge on any atom is 0.363 e. The fraction of sp³-hybridized carbons (Fsp3) is 0.100. The number of aliphatic imine (C=N–C) groups is 1. The Morgan fingerprint density at radius 1 is 1.31 bits per heavy atom. The summed E-state index contributed by atoms with van der Waals surface area (Å²) in [5, 5.41) is 0. The third-order valence-electron chi connectivity index (χ3n) is 3.50. The van der Waals surface area contributed by atoms with E-state index < -0.39 is 5.97 Å². The van der Waals surface area contributed by atoms with Gasteiger partial charge in [-0.1, -0.05) is 40.0 Å². The van der Waals surface area contributed by atoms with E-state index in [0.717, 1.165) is 10.0 Å². The number of hydrogen-bond donors (Lipinski definition) is 0. The van der Waals surface area contributed by atoms with Crippen molar-refractivity contribution in [3.63, 3.8) is 0 Å². The van der Waals surface area contributed by atoms with Gasteiger partial charge in [-0.3, -0.25) is 0 Å². The largest absolute Gasteiger partial charge is 0.493 e. The van der Waals surface area contributed by atoms with E-state index in [1.165, 1.54) is 7.11 Å². The number of ether oxygens (including phenoxy) is 3. The van der Waals surface area contributed by atoms with E-state index in [4.69, 9.17) is 20.6 Å². The molecule has 130 valence electrons. The second-order valence-electron chi connectivity index (χ2n) is 5.22. The first-order chi connectivity index (χ1) is 12.6. The van der Waals surface area contributed by atoms with Gasteiger partial charge >= 0.3 is 5.97 Å². The van der Waals surface area contributed by atoms with E-state index in [0.29, 0.717) is 17.1 Å². The van der Waals surface area contributed by atoms with Crippen molar-refractivity contribution in [3.05, 3.63) is 63.8 Å². The highest BCUT2D eigenvalue weighted by Crippen LogP contribution is 2.36. The minimum Gasteiger partial charge on any atom is -0.493 e. The number of methoxy groups -OCH3 is 1. The molecular weight excluding hydrogens is 398 g/mol. The summed E-state index contributed by atoms with van der Waals surface area (Å²) in [6.07, 6.45) is 6.86. The molecule has 6 heteroatoms. The first-order valence-electron chi connectivity index (χ1n) is 7.64. The SMILES string of the molecule is C#CCOc1c(C=C2N=C(c3ccccc3)OC2=O)cc(Br)cc1OC. The second-order valence-corrected chi connectivity index (χ2v) is 6.14. The predicted octanol–water partition coefficient (Wildman–Crippen LogP) is 3.81. The van der Waals surface area contributed by atoms with Gasteiger partial charge in [-0.05, 0) is 30.3 Å². The van der Waals surface area contributed by atoms with Gasteiger partial charge in [0, 0.05) is 15.6 Å². The molecular formula is C20H14BrNO4. The molecule has 0 bridgehead atoms. The molecule has 0 spiro atoms. The minimum absolute atomic E-state index is 0.0666. The highest BCUT2D eigenvalue weighted by Gasteiger charge is 2.25. The highest BCUT2D eigenvalue weighted by molar-refractivity contribution is 9.10. The summed E-state index contributed by atoms with van der Waals surface area (Å²) in [7, 11) is 1.52. The maximum absolute atomic E-state index is 12.2. The normalized spacial score (nSPS) is 14.6. The molecule has 0 N–H and O–H groups in total. The fourth-order valence-corrected chi connectivity index (χ4v) is 2.83. The number of halogens is 1. The lowest BCUT2D eigenvalue weighted by molar-refractivity contribution is -0.129. The lowest BCUT2D eigenvalue weighted by Gasteiger charge is -2.12. The Labute approximate surface area is 159 Å². The summed E-state index contributed by atoms with van der Waals surface area (Å²) >= 11 is 3.41. The van der Waals surface area contributed by atoms with Crippen LogP contribution in [0.25, 0.3) is 6.08 Å². The van der Waals surface area contributed by atoms with Crippen molar-refractivity contribution >= 4 is 33.9 Å². The van der Waals surface area contributed by atoms with Gasteiger partial charge in [0.15, 0.2) is 17.2 Å². The lowest BCUT2D eigenvalue weighted by Crippen LogP contribution is -2.05. The summed E-state index contributed by atoms with van der Waals surface area (Å²) in [5.41, 5.74) is 1.48. The van der Waals surface area contributed by atoms with E-state index in [1.807, 2.05) is 30.3 Å². The van der Waals surface area contributed by atoms with Crippen LogP contribution in [0.2, 0.25) is 0 Å². The quantitative estimate of drug-likeness (QED) is 0.426. The molecule has 5 nitrogen and oxygen atoms in total. The van der Waals surface area contributed by atoms with Gasteiger partial charge in [0.2, 0.25) is 5.90 Å². The Hall–Kier alpha value is -3.04. The number of rotatable bonds is 5. The van der Waals surface area contributed by atoms with Crippen LogP contribution in [0.4, 0.5) is 0 Å². The van der Waals surface area contributed by atoms with Crippen LogP contribution in [-0.4, -0.2) is 25.6 Å². The zero-order valence-electron chi connectivity index (χ0n) is 13.9. The first-order valence-corrected chi connectivity index (χ1v) is 8.43. The zero-order chi connectivity index (χ0) is 18.5. The topological polar surface area (TPSA) is 57.1 Å². The molecule has 2 aromatic rings. The molecule has 0 atom stereocenters. The predicted molar refractivity (Wildman–Crippen MR) is 102 cm³/mol. The molecule has 1 heterocycles. The maximum atomic E-state index is 12.2. The fourth-order valence-electron chi connectivity index (χ4n) is 2.38. The number of carbonyl (C=O) groups is 1. The molecule has 0 saturated heterocycles. The van der Waals surface area contributed by atoms with Crippen molar-refractivity contribution in [1.82, 2.24) is 0 Å². The van der Waals surface area contributed by atoms with Crippen LogP contribution in [0.3, 0.4) is 0 Å². The summed E-state index contributed by atoms with van der Waals surface area (Å²) in [6.45, 7) is 0.0666. The number of terminal acetylenes is 1. The van der Waals surface area contributed by atoms with Gasteiger partial charge in [-0.25, -0.2) is 9.79 Å². The molecule has 0 amide bonds. The van der Waals surface area contributed by atoms with E-state index in [1.54, 1.807) is 18.2 Å². The molecule has 0 radical (unpaired) electrons. The Kier molecular flexibility index (Phi) is 5.40. The highest BCUT2D eigenvalue weighted by atomic mass is 79.9. The van der Waals surface area contributed by atoms with E-state index >= 15 is 0 Å². The molecule has 0 aliphatic carbocycles. The lowest BCUT2D eigenvalue weighted by atomic mass is 10.1.